The van der Waals surface area contributed by atoms with Crippen LogP contribution in [0.15, 0.2) is 24.3 Å². The van der Waals surface area contributed by atoms with Crippen molar-refractivity contribution in [3.8, 4) is 0 Å². The molecule has 0 heterocycles. The van der Waals surface area contributed by atoms with Crippen LogP contribution in [0, 0.1) is 0 Å². The Morgan fingerprint density at radius 1 is 0.397 bits per heavy atom. The van der Waals surface area contributed by atoms with Crippen LogP contribution in [-0.2, 0) is 32.7 Å². The average Bonchev–Trinajstić information content (AvgIpc) is 3.40. The van der Waals surface area contributed by atoms with Crippen LogP contribution in [0.1, 0.15) is 348 Å². The van der Waals surface area contributed by atoms with Gasteiger partial charge >= 0.3 is 11.9 Å². The van der Waals surface area contributed by atoms with Gasteiger partial charge in [-0.15, -0.1) is 0 Å². The van der Waals surface area contributed by atoms with Crippen LogP contribution in [-0.4, -0.2) is 70.0 Å². The van der Waals surface area contributed by atoms with E-state index in [2.05, 4.69) is 38.2 Å². The van der Waals surface area contributed by atoms with Crippen molar-refractivity contribution in [3.63, 3.8) is 0 Å². The van der Waals surface area contributed by atoms with Crippen LogP contribution in [0.5, 0.6) is 0 Å². The Balaban J connectivity index is 3.99. The van der Waals surface area contributed by atoms with Crippen LogP contribution in [0.25, 0.3) is 0 Å². The number of allylic oxidation sites excluding steroid dienone is 4. The number of phosphoric acid groups is 1. The van der Waals surface area contributed by atoms with E-state index in [-0.39, 0.29) is 32.0 Å². The number of phosphoric ester groups is 1. The normalized spacial score (nSPS) is 13.3. The number of hydrogen-bond donors (Lipinski definition) is 0. The number of unbranched alkanes of at least 4 members (excludes halogenated alkanes) is 46. The lowest BCUT2D eigenvalue weighted by Gasteiger charge is -2.28. The first-order valence-electron chi connectivity index (χ1n) is 34.0. The molecule has 0 aliphatic carbocycles. The number of rotatable bonds is 64. The minimum Gasteiger partial charge on any atom is -0.756 e. The third-order valence-corrected chi connectivity index (χ3v) is 16.4. The zero-order chi connectivity index (χ0) is 57.0. The van der Waals surface area contributed by atoms with E-state index in [1.165, 1.54) is 270 Å². The lowest BCUT2D eigenvalue weighted by Crippen LogP contribution is -2.37. The van der Waals surface area contributed by atoms with E-state index < -0.39 is 26.5 Å². The number of nitrogens with zero attached hydrogens (tertiary/aromatic N) is 1. The van der Waals surface area contributed by atoms with Crippen molar-refractivity contribution in [3.05, 3.63) is 24.3 Å². The van der Waals surface area contributed by atoms with Crippen molar-refractivity contribution in [2.75, 3.05) is 47.5 Å². The summed E-state index contributed by atoms with van der Waals surface area (Å²) in [6.07, 6.45) is 74.0. The quantitative estimate of drug-likeness (QED) is 0.0195. The number of carbonyl (C=O) groups is 2. The number of hydrogen-bond acceptors (Lipinski definition) is 8. The van der Waals surface area contributed by atoms with Crippen molar-refractivity contribution in [2.24, 2.45) is 0 Å². The van der Waals surface area contributed by atoms with Crippen LogP contribution >= 0.6 is 7.82 Å². The highest BCUT2D eigenvalue weighted by atomic mass is 31.2. The lowest BCUT2D eigenvalue weighted by atomic mass is 10.0. The second-order valence-corrected chi connectivity index (χ2v) is 26.0. The Labute approximate surface area is 485 Å². The molecule has 9 nitrogen and oxygen atoms in total. The molecule has 0 aromatic rings. The summed E-state index contributed by atoms with van der Waals surface area (Å²) in [5, 5.41) is 0. The summed E-state index contributed by atoms with van der Waals surface area (Å²) in [6, 6.07) is 0. The van der Waals surface area contributed by atoms with E-state index in [9.17, 15) is 19.0 Å². The summed E-state index contributed by atoms with van der Waals surface area (Å²) in [5.74, 6) is -0.815. The Morgan fingerprint density at radius 3 is 1.01 bits per heavy atom. The third kappa shape index (κ3) is 63.7. The fourth-order valence-corrected chi connectivity index (χ4v) is 10.9. The van der Waals surface area contributed by atoms with Gasteiger partial charge in [0.05, 0.1) is 27.7 Å². The van der Waals surface area contributed by atoms with Crippen LogP contribution in [0.4, 0.5) is 0 Å². The largest absolute Gasteiger partial charge is 0.756 e. The van der Waals surface area contributed by atoms with Gasteiger partial charge in [-0.1, -0.05) is 314 Å². The monoisotopic (exact) mass is 1120 g/mol. The molecule has 0 aliphatic heterocycles. The molecule has 0 aromatic carbocycles. The molecule has 0 bridgehead atoms. The smallest absolute Gasteiger partial charge is 0.306 e. The first-order chi connectivity index (χ1) is 38.0. The van der Waals surface area contributed by atoms with Gasteiger partial charge in [-0.05, 0) is 44.9 Å². The van der Waals surface area contributed by atoms with Crippen molar-refractivity contribution in [2.45, 2.75) is 354 Å². The molecule has 0 aromatic heterocycles. The van der Waals surface area contributed by atoms with Gasteiger partial charge in [-0.3, -0.25) is 14.2 Å². The van der Waals surface area contributed by atoms with Crippen molar-refractivity contribution < 1.29 is 42.1 Å². The summed E-state index contributed by atoms with van der Waals surface area (Å²) in [4.78, 5) is 38.0. The van der Waals surface area contributed by atoms with E-state index in [0.717, 1.165) is 44.9 Å². The average molecular weight is 1120 g/mol. The van der Waals surface area contributed by atoms with Gasteiger partial charge < -0.3 is 27.9 Å². The molecular weight excluding hydrogens is 990 g/mol. The minimum absolute atomic E-state index is 0.0283. The third-order valence-electron chi connectivity index (χ3n) is 15.5. The summed E-state index contributed by atoms with van der Waals surface area (Å²) in [5.41, 5.74) is 0. The molecule has 0 fully saturated rings. The fraction of sp³-hybridized carbons (Fsp3) is 0.912. The molecule has 0 saturated carbocycles. The molecular formula is C68H132NO8P. The molecule has 0 rings (SSSR count). The summed E-state index contributed by atoms with van der Waals surface area (Å²) in [7, 11) is 1.18. The molecule has 0 saturated heterocycles. The molecule has 0 amide bonds. The fourth-order valence-electron chi connectivity index (χ4n) is 10.2. The topological polar surface area (TPSA) is 111 Å². The van der Waals surface area contributed by atoms with Gasteiger partial charge in [0, 0.05) is 12.8 Å². The van der Waals surface area contributed by atoms with Gasteiger partial charge in [0.1, 0.15) is 19.8 Å². The van der Waals surface area contributed by atoms with Gasteiger partial charge in [0.15, 0.2) is 6.10 Å². The molecule has 0 N–H and O–H groups in total. The molecule has 2 unspecified atom stereocenters. The second-order valence-electron chi connectivity index (χ2n) is 24.6. The summed E-state index contributed by atoms with van der Waals surface area (Å²) >= 11 is 0. The standard InChI is InChI=1S/C68H132NO8P/c1-6-8-10-12-14-16-18-20-22-24-26-28-30-31-32-33-34-35-36-37-39-40-42-44-46-48-50-52-54-56-58-60-67(70)74-64-66(65-76-78(72,73)75-63-62-69(3,4)5)77-68(71)61-59-57-55-53-51-49-47-45-43-41-38-29-27-25-23-21-19-17-15-13-11-9-7-2/h19,21,25,27,66H,6-18,20,22-24,26,28-65H2,1-5H3/b21-19-,27-25-. The maximum absolute atomic E-state index is 12.8. The van der Waals surface area contributed by atoms with Crippen molar-refractivity contribution in [1.29, 1.82) is 0 Å². The maximum atomic E-state index is 12.8. The van der Waals surface area contributed by atoms with E-state index in [0.29, 0.717) is 17.4 Å². The zero-order valence-electron chi connectivity index (χ0n) is 52.6. The summed E-state index contributed by atoms with van der Waals surface area (Å²) in [6.45, 7) is 4.30. The molecule has 0 spiro atoms. The van der Waals surface area contributed by atoms with Crippen molar-refractivity contribution in [1.82, 2.24) is 0 Å². The molecule has 78 heavy (non-hydrogen) atoms. The van der Waals surface area contributed by atoms with Gasteiger partial charge in [0.2, 0.25) is 0 Å². The minimum atomic E-state index is -4.64. The Bertz CT molecular complexity index is 1370. The van der Waals surface area contributed by atoms with E-state index in [1.54, 1.807) is 0 Å². The number of esters is 2. The van der Waals surface area contributed by atoms with Crippen LogP contribution in [0.3, 0.4) is 0 Å². The Morgan fingerprint density at radius 2 is 0.692 bits per heavy atom. The van der Waals surface area contributed by atoms with Crippen LogP contribution in [0.2, 0.25) is 0 Å². The predicted octanol–water partition coefficient (Wildman–Crippen LogP) is 21.1. The molecule has 10 heteroatoms. The van der Waals surface area contributed by atoms with Crippen molar-refractivity contribution >= 4 is 19.8 Å². The predicted molar refractivity (Wildman–Crippen MR) is 333 cm³/mol. The second kappa shape index (κ2) is 60.1. The Hall–Kier alpha value is -1.51. The zero-order valence-corrected chi connectivity index (χ0v) is 53.5. The summed E-state index contributed by atoms with van der Waals surface area (Å²) < 4.78 is 34.3. The Kier molecular flexibility index (Phi) is 58.9. The highest BCUT2D eigenvalue weighted by Gasteiger charge is 2.22. The van der Waals surface area contributed by atoms with E-state index in [1.807, 2.05) is 21.1 Å². The van der Waals surface area contributed by atoms with Gasteiger partial charge in [-0.2, -0.15) is 0 Å². The SMILES string of the molecule is CCCCCCC/C=C\C/C=C\CCCCCCCCCCCCCC(=O)OC(COC(=O)CCCCCCCCCCCCCCCCCCCCCCCCCCCCCCCCC)COP(=O)([O-])OCC[N+](C)(C)C. The van der Waals surface area contributed by atoms with Crippen LogP contribution < -0.4 is 4.89 Å². The molecule has 0 radical (unpaired) electrons. The first kappa shape index (κ1) is 76.5. The van der Waals surface area contributed by atoms with Gasteiger partial charge in [0.25, 0.3) is 7.82 Å². The number of ether oxygens (including phenoxy) is 2. The number of carbonyl (C=O) groups excluding carboxylic acids is 2. The first-order valence-corrected chi connectivity index (χ1v) is 35.5. The maximum Gasteiger partial charge on any atom is 0.306 e. The molecule has 2 atom stereocenters. The molecule has 0 aliphatic rings. The number of quaternary nitrogens is 1. The highest BCUT2D eigenvalue weighted by molar-refractivity contribution is 7.45. The number of likely N-dealkylation sites (N-methyl/N-ethyl adjacent to an activating group) is 1. The lowest BCUT2D eigenvalue weighted by molar-refractivity contribution is -0.870. The van der Waals surface area contributed by atoms with E-state index >= 15 is 0 Å². The highest BCUT2D eigenvalue weighted by Crippen LogP contribution is 2.38. The molecule has 462 valence electrons. The van der Waals surface area contributed by atoms with Gasteiger partial charge in [-0.25, -0.2) is 0 Å². The van der Waals surface area contributed by atoms with E-state index in [4.69, 9.17) is 18.5 Å².